The number of carbonyl (C=O) groups is 1. The van der Waals surface area contributed by atoms with Crippen LogP contribution in [0.1, 0.15) is 11.9 Å². The van der Waals surface area contributed by atoms with Crippen molar-refractivity contribution in [2.45, 2.75) is 13.5 Å². The van der Waals surface area contributed by atoms with Crippen LogP contribution in [0.25, 0.3) is 10.2 Å². The largest absolute Gasteiger partial charge is 0.492 e. The van der Waals surface area contributed by atoms with Gasteiger partial charge in [0.1, 0.15) is 16.6 Å². The minimum Gasteiger partial charge on any atom is -0.492 e. The molecule has 0 spiro atoms. The molecule has 0 radical (unpaired) electrons. The number of rotatable bonds is 5. The molecule has 1 heterocycles. The van der Waals surface area contributed by atoms with Crippen LogP contribution in [-0.2, 0) is 6.54 Å². The number of para-hydroxylation sites is 1. The topological polar surface area (TPSA) is 54.5 Å². The van der Waals surface area contributed by atoms with Gasteiger partial charge in [0.15, 0.2) is 0 Å². The normalized spacial score (nSPS) is 10.7. The lowest BCUT2D eigenvalue weighted by Gasteiger charge is -2.18. The van der Waals surface area contributed by atoms with Crippen LogP contribution in [0.4, 0.5) is 14.9 Å². The summed E-state index contributed by atoms with van der Waals surface area (Å²) in [7, 11) is 1.69. The third-order valence-corrected chi connectivity index (χ3v) is 4.56. The fraction of sp³-hybridized carbons (Fsp3) is 0.222. The smallest absolute Gasteiger partial charge is 0.322 e. The number of hydrogen-bond acceptors (Lipinski definition) is 4. The van der Waals surface area contributed by atoms with Crippen LogP contribution in [0.3, 0.4) is 0 Å². The Balaban J connectivity index is 1.70. The van der Waals surface area contributed by atoms with Crippen molar-refractivity contribution in [2.75, 3.05) is 19.0 Å². The van der Waals surface area contributed by atoms with E-state index in [4.69, 9.17) is 4.74 Å². The summed E-state index contributed by atoms with van der Waals surface area (Å²) >= 11 is 1.56. The second kappa shape index (κ2) is 7.48. The van der Waals surface area contributed by atoms with E-state index in [1.54, 1.807) is 25.3 Å². The SMILES string of the molecule is CCOc1cc(F)ccc1NC(=O)N(C)Cc1nc2ccccc2s1. The van der Waals surface area contributed by atoms with Crippen molar-refractivity contribution in [1.82, 2.24) is 9.88 Å². The molecule has 0 aliphatic heterocycles. The van der Waals surface area contributed by atoms with E-state index in [-0.39, 0.29) is 6.03 Å². The monoisotopic (exact) mass is 359 g/mol. The molecule has 1 aromatic heterocycles. The molecule has 2 amide bonds. The second-order valence-electron chi connectivity index (χ2n) is 5.44. The minimum absolute atomic E-state index is 0.309. The van der Waals surface area contributed by atoms with Crippen LogP contribution in [0.5, 0.6) is 5.75 Å². The van der Waals surface area contributed by atoms with Crippen molar-refractivity contribution in [3.05, 3.63) is 53.3 Å². The Morgan fingerprint density at radius 3 is 2.88 bits per heavy atom. The molecule has 0 aliphatic rings. The fourth-order valence-electron chi connectivity index (χ4n) is 2.35. The third-order valence-electron chi connectivity index (χ3n) is 3.54. The van der Waals surface area contributed by atoms with E-state index in [1.807, 2.05) is 24.3 Å². The van der Waals surface area contributed by atoms with Crippen molar-refractivity contribution < 1.29 is 13.9 Å². The molecule has 130 valence electrons. The van der Waals surface area contributed by atoms with Crippen LogP contribution in [0, 0.1) is 5.82 Å². The zero-order valence-electron chi connectivity index (χ0n) is 14.0. The first-order valence-electron chi connectivity index (χ1n) is 7.85. The first kappa shape index (κ1) is 17.2. The molecular formula is C18H18FN3O2S. The molecule has 25 heavy (non-hydrogen) atoms. The summed E-state index contributed by atoms with van der Waals surface area (Å²) in [6.45, 7) is 2.57. The van der Waals surface area contributed by atoms with Gasteiger partial charge in [-0.05, 0) is 31.2 Å². The summed E-state index contributed by atoms with van der Waals surface area (Å²) < 4.78 is 19.8. The second-order valence-corrected chi connectivity index (χ2v) is 6.55. The number of halogens is 1. The number of benzene rings is 2. The van der Waals surface area contributed by atoms with E-state index in [9.17, 15) is 9.18 Å². The number of thiazole rings is 1. The first-order valence-corrected chi connectivity index (χ1v) is 8.67. The van der Waals surface area contributed by atoms with Gasteiger partial charge >= 0.3 is 6.03 Å². The van der Waals surface area contributed by atoms with E-state index in [1.165, 1.54) is 23.1 Å². The highest BCUT2D eigenvalue weighted by Gasteiger charge is 2.15. The molecule has 0 atom stereocenters. The summed E-state index contributed by atoms with van der Waals surface area (Å²) in [5, 5.41) is 3.60. The Labute approximate surface area is 149 Å². The zero-order chi connectivity index (χ0) is 17.8. The number of carbonyl (C=O) groups excluding carboxylic acids is 1. The van der Waals surface area contributed by atoms with Crippen LogP contribution < -0.4 is 10.1 Å². The van der Waals surface area contributed by atoms with E-state index in [0.29, 0.717) is 24.6 Å². The highest BCUT2D eigenvalue weighted by molar-refractivity contribution is 7.18. The standard InChI is InChI=1S/C18H18FN3O2S/c1-3-24-15-10-12(19)8-9-13(15)21-18(23)22(2)11-17-20-14-6-4-5-7-16(14)25-17/h4-10H,3,11H2,1-2H3,(H,21,23). The van der Waals surface area contributed by atoms with Gasteiger partial charge in [0.2, 0.25) is 0 Å². The van der Waals surface area contributed by atoms with Crippen molar-refractivity contribution >= 4 is 33.3 Å². The molecule has 3 aromatic rings. The summed E-state index contributed by atoms with van der Waals surface area (Å²) in [5.41, 5.74) is 1.36. The molecule has 0 saturated carbocycles. The molecule has 0 aliphatic carbocycles. The van der Waals surface area contributed by atoms with Gasteiger partial charge < -0.3 is 15.0 Å². The third kappa shape index (κ3) is 4.06. The maximum Gasteiger partial charge on any atom is 0.322 e. The summed E-state index contributed by atoms with van der Waals surface area (Å²) in [6.07, 6.45) is 0. The predicted octanol–water partition coefficient (Wildman–Crippen LogP) is 4.50. The van der Waals surface area contributed by atoms with Crippen LogP contribution in [0.2, 0.25) is 0 Å². The number of amides is 2. The highest BCUT2D eigenvalue weighted by atomic mass is 32.1. The maximum atomic E-state index is 13.3. The lowest BCUT2D eigenvalue weighted by Crippen LogP contribution is -2.31. The highest BCUT2D eigenvalue weighted by Crippen LogP contribution is 2.26. The molecule has 0 fully saturated rings. The summed E-state index contributed by atoms with van der Waals surface area (Å²) in [4.78, 5) is 18.5. The Hall–Kier alpha value is -2.67. The van der Waals surface area contributed by atoms with E-state index < -0.39 is 5.82 Å². The van der Waals surface area contributed by atoms with Gasteiger partial charge in [0.25, 0.3) is 0 Å². The van der Waals surface area contributed by atoms with Crippen molar-refractivity contribution in [2.24, 2.45) is 0 Å². The van der Waals surface area contributed by atoms with Crippen LogP contribution in [0.15, 0.2) is 42.5 Å². The molecule has 0 bridgehead atoms. The average Bonchev–Trinajstić information content (AvgIpc) is 2.99. The predicted molar refractivity (Wildman–Crippen MR) is 97.7 cm³/mol. The van der Waals surface area contributed by atoms with E-state index in [2.05, 4.69) is 10.3 Å². The summed E-state index contributed by atoms with van der Waals surface area (Å²) in [5.74, 6) is -0.103. The van der Waals surface area contributed by atoms with Crippen LogP contribution >= 0.6 is 11.3 Å². The fourth-order valence-corrected chi connectivity index (χ4v) is 3.37. The molecule has 7 heteroatoms. The van der Waals surface area contributed by atoms with Crippen LogP contribution in [-0.4, -0.2) is 29.6 Å². The number of nitrogens with zero attached hydrogens (tertiary/aromatic N) is 2. The molecule has 0 saturated heterocycles. The molecule has 0 unspecified atom stereocenters. The number of ether oxygens (including phenoxy) is 1. The van der Waals surface area contributed by atoms with Gasteiger partial charge in [0, 0.05) is 13.1 Å². The maximum absolute atomic E-state index is 13.3. The zero-order valence-corrected chi connectivity index (χ0v) is 14.8. The Bertz CT molecular complexity index is 864. The number of hydrogen-bond donors (Lipinski definition) is 1. The lowest BCUT2D eigenvalue weighted by atomic mass is 10.3. The van der Waals surface area contributed by atoms with Gasteiger partial charge in [-0.2, -0.15) is 0 Å². The number of nitrogens with one attached hydrogen (secondary N) is 1. The average molecular weight is 359 g/mol. The molecular weight excluding hydrogens is 341 g/mol. The molecule has 2 aromatic carbocycles. The lowest BCUT2D eigenvalue weighted by molar-refractivity contribution is 0.220. The quantitative estimate of drug-likeness (QED) is 0.730. The molecule has 5 nitrogen and oxygen atoms in total. The number of anilines is 1. The number of aromatic nitrogens is 1. The van der Waals surface area contributed by atoms with Gasteiger partial charge in [0.05, 0.1) is 29.1 Å². The van der Waals surface area contributed by atoms with Crippen molar-refractivity contribution in [1.29, 1.82) is 0 Å². The summed E-state index contributed by atoms with van der Waals surface area (Å²) in [6, 6.07) is 11.6. The van der Waals surface area contributed by atoms with Gasteiger partial charge in [-0.1, -0.05) is 12.1 Å². The Kier molecular flexibility index (Phi) is 5.14. The Morgan fingerprint density at radius 1 is 1.32 bits per heavy atom. The van der Waals surface area contributed by atoms with Gasteiger partial charge in [-0.3, -0.25) is 0 Å². The van der Waals surface area contributed by atoms with Gasteiger partial charge in [-0.25, -0.2) is 14.2 Å². The number of urea groups is 1. The van der Waals surface area contributed by atoms with E-state index >= 15 is 0 Å². The van der Waals surface area contributed by atoms with Crippen molar-refractivity contribution in [3.8, 4) is 5.75 Å². The van der Waals surface area contributed by atoms with Crippen molar-refractivity contribution in [3.63, 3.8) is 0 Å². The van der Waals surface area contributed by atoms with Gasteiger partial charge in [-0.15, -0.1) is 11.3 Å². The Morgan fingerprint density at radius 2 is 2.12 bits per heavy atom. The first-order chi connectivity index (χ1) is 12.1. The van der Waals surface area contributed by atoms with E-state index in [0.717, 1.165) is 15.2 Å². The minimum atomic E-state index is -0.413. The molecule has 1 N–H and O–H groups in total. The number of fused-ring (bicyclic) bond motifs is 1. The molecule has 3 rings (SSSR count).